The van der Waals surface area contributed by atoms with Crippen molar-refractivity contribution in [3.63, 3.8) is 0 Å². The Hall–Kier alpha value is -3.94. The molecule has 1 aliphatic rings. The zero-order valence-corrected chi connectivity index (χ0v) is 28.0. The Morgan fingerprint density at radius 2 is 1.68 bits per heavy atom. The highest BCUT2D eigenvalue weighted by molar-refractivity contribution is 7.14. The van der Waals surface area contributed by atoms with E-state index in [0.29, 0.717) is 57.9 Å². The molecule has 0 saturated carbocycles. The summed E-state index contributed by atoms with van der Waals surface area (Å²) in [4.78, 5) is 36.8. The summed E-state index contributed by atoms with van der Waals surface area (Å²) in [6.07, 6.45) is 4.50. The highest BCUT2D eigenvalue weighted by atomic mass is 32.1. The standard InChI is InChI=1S/C34H39F2N5O4S2/c1-23-33(47-22-39-23)25-9-6-24(7-10-25)8-13-29(42)37-14-4-2-3-5-15-38-30(43)20-45-32-26(11-12-27(35)31(32)36)28-21-46-34(40-28)41-16-18-44-19-17-41/h6-7,9-12,21-22H,2-5,8,13-20H2,1H3,(H,37,42)(H,38,43). The Bertz CT molecular complexity index is 1620. The number of hydrogen-bond acceptors (Lipinski definition) is 9. The lowest BCUT2D eigenvalue weighted by molar-refractivity contribution is -0.123. The number of nitrogens with one attached hydrogen (secondary N) is 2. The van der Waals surface area contributed by atoms with Crippen LogP contribution in [0.4, 0.5) is 13.9 Å². The molecule has 3 heterocycles. The average molecular weight is 684 g/mol. The molecule has 2 N–H and O–H groups in total. The quantitative estimate of drug-likeness (QED) is 0.136. The van der Waals surface area contributed by atoms with Crippen molar-refractivity contribution in [1.82, 2.24) is 20.6 Å². The van der Waals surface area contributed by atoms with Crippen LogP contribution < -0.4 is 20.3 Å². The van der Waals surface area contributed by atoms with E-state index in [1.165, 1.54) is 22.3 Å². The first-order valence-corrected chi connectivity index (χ1v) is 17.6. The average Bonchev–Trinajstić information content (AvgIpc) is 3.76. The Labute approximate surface area is 281 Å². The van der Waals surface area contributed by atoms with Crippen molar-refractivity contribution in [1.29, 1.82) is 0 Å². The van der Waals surface area contributed by atoms with Gasteiger partial charge in [-0.25, -0.2) is 14.4 Å². The van der Waals surface area contributed by atoms with E-state index in [9.17, 15) is 18.4 Å². The molecule has 2 aromatic carbocycles. The minimum Gasteiger partial charge on any atom is -0.480 e. The number of aromatic nitrogens is 2. The summed E-state index contributed by atoms with van der Waals surface area (Å²) in [6.45, 7) is 5.22. The van der Waals surface area contributed by atoms with Crippen LogP contribution in [0.5, 0.6) is 5.75 Å². The van der Waals surface area contributed by atoms with Crippen LogP contribution in [0.25, 0.3) is 21.7 Å². The molecule has 4 aromatic rings. The van der Waals surface area contributed by atoms with E-state index >= 15 is 0 Å². The fraction of sp³-hybridized carbons (Fsp3) is 0.412. The van der Waals surface area contributed by atoms with Crippen LogP contribution in [0.1, 0.15) is 43.4 Å². The number of anilines is 1. The number of benzene rings is 2. The molecule has 13 heteroatoms. The fourth-order valence-corrected chi connectivity index (χ4v) is 6.85. The normalized spacial score (nSPS) is 13.0. The van der Waals surface area contributed by atoms with Crippen molar-refractivity contribution in [2.45, 2.75) is 45.4 Å². The summed E-state index contributed by atoms with van der Waals surface area (Å²) >= 11 is 3.03. The van der Waals surface area contributed by atoms with Gasteiger partial charge < -0.3 is 25.0 Å². The van der Waals surface area contributed by atoms with E-state index in [2.05, 4.69) is 49.8 Å². The van der Waals surface area contributed by atoms with E-state index in [4.69, 9.17) is 9.47 Å². The molecule has 1 saturated heterocycles. The number of nitrogens with zero attached hydrogens (tertiary/aromatic N) is 3. The van der Waals surface area contributed by atoms with Gasteiger partial charge in [-0.3, -0.25) is 9.59 Å². The van der Waals surface area contributed by atoms with Gasteiger partial charge in [0, 0.05) is 43.5 Å². The number of morpholine rings is 1. The third-order valence-corrected chi connectivity index (χ3v) is 9.68. The molecule has 0 atom stereocenters. The lowest BCUT2D eigenvalue weighted by Gasteiger charge is -2.26. The third kappa shape index (κ3) is 9.78. The van der Waals surface area contributed by atoms with Gasteiger partial charge in [-0.1, -0.05) is 37.1 Å². The van der Waals surface area contributed by atoms with Crippen molar-refractivity contribution in [2.24, 2.45) is 0 Å². The molecule has 2 amide bonds. The molecule has 0 aliphatic carbocycles. The third-order valence-electron chi connectivity index (χ3n) is 7.80. The van der Waals surface area contributed by atoms with Crippen LogP contribution in [0.15, 0.2) is 47.3 Å². The highest BCUT2D eigenvalue weighted by Crippen LogP contribution is 2.36. The van der Waals surface area contributed by atoms with Crippen molar-refractivity contribution >= 4 is 39.6 Å². The van der Waals surface area contributed by atoms with Crippen LogP contribution in [0, 0.1) is 18.6 Å². The van der Waals surface area contributed by atoms with Gasteiger partial charge in [0.2, 0.25) is 11.7 Å². The molecule has 0 radical (unpaired) electrons. The van der Waals surface area contributed by atoms with Crippen molar-refractivity contribution in [2.75, 3.05) is 50.9 Å². The molecule has 1 aliphatic heterocycles. The van der Waals surface area contributed by atoms with Crippen LogP contribution in [-0.4, -0.2) is 67.8 Å². The van der Waals surface area contributed by atoms with E-state index in [0.717, 1.165) is 53.7 Å². The second-order valence-corrected chi connectivity index (χ2v) is 12.9. The molecule has 0 bridgehead atoms. The van der Waals surface area contributed by atoms with Crippen LogP contribution >= 0.6 is 22.7 Å². The minimum atomic E-state index is -1.15. The van der Waals surface area contributed by atoms with Gasteiger partial charge in [-0.15, -0.1) is 22.7 Å². The zero-order valence-electron chi connectivity index (χ0n) is 26.4. The number of amides is 2. The van der Waals surface area contributed by atoms with Gasteiger partial charge >= 0.3 is 0 Å². The van der Waals surface area contributed by atoms with E-state index in [1.54, 1.807) is 16.7 Å². The lowest BCUT2D eigenvalue weighted by atomic mass is 10.1. The van der Waals surface area contributed by atoms with Gasteiger partial charge in [-0.2, -0.15) is 4.39 Å². The SMILES string of the molecule is Cc1ncsc1-c1ccc(CCC(=O)NCCCCCCNC(=O)COc2c(-c3csc(N4CCOCC4)n3)ccc(F)c2F)cc1. The summed E-state index contributed by atoms with van der Waals surface area (Å²) in [5.74, 6) is -2.94. The van der Waals surface area contributed by atoms with Crippen molar-refractivity contribution in [3.05, 3.63) is 70.2 Å². The molecule has 5 rings (SSSR count). The Morgan fingerprint density at radius 1 is 0.957 bits per heavy atom. The molecule has 47 heavy (non-hydrogen) atoms. The predicted molar refractivity (Wildman–Crippen MR) is 181 cm³/mol. The molecular weight excluding hydrogens is 645 g/mol. The van der Waals surface area contributed by atoms with Crippen LogP contribution in [0.2, 0.25) is 0 Å². The number of unbranched alkanes of at least 4 members (excludes halogenated alkanes) is 3. The van der Waals surface area contributed by atoms with Crippen LogP contribution in [-0.2, 0) is 20.7 Å². The van der Waals surface area contributed by atoms with Crippen molar-refractivity contribution < 1.29 is 27.8 Å². The first kappa shape index (κ1) is 34.4. The van der Waals surface area contributed by atoms with Gasteiger partial charge in [0.05, 0.1) is 35.0 Å². The summed E-state index contributed by atoms with van der Waals surface area (Å²) in [5, 5.41) is 8.27. The topological polar surface area (TPSA) is 106 Å². The second-order valence-electron chi connectivity index (χ2n) is 11.2. The Balaban J connectivity index is 0.947. The summed E-state index contributed by atoms with van der Waals surface area (Å²) in [6, 6.07) is 10.7. The second kappa shape index (κ2) is 17.3. The fourth-order valence-electron chi connectivity index (χ4n) is 5.16. The van der Waals surface area contributed by atoms with E-state index < -0.39 is 24.1 Å². The van der Waals surface area contributed by atoms with Gasteiger partial charge in [0.1, 0.15) is 0 Å². The number of halogens is 2. The molecule has 9 nitrogen and oxygen atoms in total. The van der Waals surface area contributed by atoms with Gasteiger partial charge in [-0.05, 0) is 49.4 Å². The van der Waals surface area contributed by atoms with E-state index in [-0.39, 0.29) is 17.2 Å². The van der Waals surface area contributed by atoms with Crippen molar-refractivity contribution in [3.8, 4) is 27.4 Å². The highest BCUT2D eigenvalue weighted by Gasteiger charge is 2.21. The maximum absolute atomic E-state index is 14.7. The summed E-state index contributed by atoms with van der Waals surface area (Å²) < 4.78 is 39.7. The summed E-state index contributed by atoms with van der Waals surface area (Å²) in [5.41, 5.74) is 5.88. The zero-order chi connectivity index (χ0) is 33.0. The molecule has 1 fully saturated rings. The molecule has 0 spiro atoms. The summed E-state index contributed by atoms with van der Waals surface area (Å²) in [7, 11) is 0. The molecule has 2 aromatic heterocycles. The maximum Gasteiger partial charge on any atom is 0.257 e. The van der Waals surface area contributed by atoms with Gasteiger partial charge in [0.15, 0.2) is 23.3 Å². The number of hydrogen-bond donors (Lipinski definition) is 2. The number of carbonyl (C=O) groups is 2. The number of rotatable bonds is 16. The monoisotopic (exact) mass is 683 g/mol. The number of aryl methyl sites for hydroxylation is 2. The molecular formula is C34H39F2N5O4S2. The Morgan fingerprint density at radius 3 is 2.38 bits per heavy atom. The molecule has 0 unspecified atom stereocenters. The van der Waals surface area contributed by atoms with Gasteiger partial charge in [0.25, 0.3) is 5.91 Å². The predicted octanol–water partition coefficient (Wildman–Crippen LogP) is 6.16. The minimum absolute atomic E-state index is 0.0323. The number of carbonyl (C=O) groups excluding carboxylic acids is 2. The largest absolute Gasteiger partial charge is 0.480 e. The first-order valence-electron chi connectivity index (χ1n) is 15.8. The van der Waals surface area contributed by atoms with Crippen LogP contribution in [0.3, 0.4) is 0 Å². The number of thiazole rings is 2. The number of ether oxygens (including phenoxy) is 2. The molecule has 250 valence electrons. The Kier molecular flexibility index (Phi) is 12.6. The lowest BCUT2D eigenvalue weighted by Crippen LogP contribution is -2.36. The maximum atomic E-state index is 14.7. The smallest absolute Gasteiger partial charge is 0.257 e. The first-order chi connectivity index (χ1) is 22.9. The van der Waals surface area contributed by atoms with E-state index in [1.807, 2.05) is 12.4 Å².